The second-order valence-corrected chi connectivity index (χ2v) is 6.57. The van der Waals surface area contributed by atoms with Crippen LogP contribution in [0.4, 0.5) is 0 Å². The number of hydrogen-bond donors (Lipinski definition) is 0. The molecule has 0 fully saturated rings. The van der Waals surface area contributed by atoms with Gasteiger partial charge in [-0.3, -0.25) is 4.79 Å². The van der Waals surface area contributed by atoms with Crippen LogP contribution in [0.2, 0.25) is 0 Å². The molecular formula is C22H22O6. The topological polar surface area (TPSA) is 71.1 Å². The molecule has 1 aliphatic heterocycles. The summed E-state index contributed by atoms with van der Waals surface area (Å²) in [6.07, 6.45) is 1.45. The summed E-state index contributed by atoms with van der Waals surface area (Å²) in [6.45, 7) is 5.11. The third kappa shape index (κ3) is 4.01. The number of ether oxygens (including phenoxy) is 4. The first kappa shape index (κ1) is 19.5. The van der Waals surface area contributed by atoms with Crippen molar-refractivity contribution in [1.82, 2.24) is 0 Å². The van der Waals surface area contributed by atoms with E-state index in [0.717, 1.165) is 5.56 Å². The highest BCUT2D eigenvalue weighted by Gasteiger charge is 2.30. The van der Waals surface area contributed by atoms with E-state index < -0.39 is 5.97 Å². The van der Waals surface area contributed by atoms with Crippen molar-refractivity contribution in [2.24, 2.45) is 0 Å². The Kier molecular flexibility index (Phi) is 5.68. The van der Waals surface area contributed by atoms with E-state index >= 15 is 0 Å². The molecule has 0 saturated heterocycles. The zero-order chi connectivity index (χ0) is 20.3. The van der Waals surface area contributed by atoms with E-state index in [9.17, 15) is 9.59 Å². The van der Waals surface area contributed by atoms with Gasteiger partial charge in [-0.2, -0.15) is 0 Å². The van der Waals surface area contributed by atoms with Gasteiger partial charge in [0.05, 0.1) is 18.8 Å². The van der Waals surface area contributed by atoms with Gasteiger partial charge in [0.15, 0.2) is 12.4 Å². The van der Waals surface area contributed by atoms with Crippen LogP contribution in [0.5, 0.6) is 17.2 Å². The zero-order valence-electron chi connectivity index (χ0n) is 16.3. The van der Waals surface area contributed by atoms with E-state index in [1.54, 1.807) is 46.1 Å². The Morgan fingerprint density at radius 1 is 1.14 bits per heavy atom. The van der Waals surface area contributed by atoms with Crippen LogP contribution >= 0.6 is 0 Å². The first-order valence-electron chi connectivity index (χ1n) is 8.94. The number of para-hydroxylation sites is 1. The number of fused-ring (bicyclic) bond motifs is 1. The molecule has 1 aliphatic rings. The molecule has 2 aromatic rings. The molecule has 0 aliphatic carbocycles. The van der Waals surface area contributed by atoms with Gasteiger partial charge in [0.2, 0.25) is 5.78 Å². The lowest BCUT2D eigenvalue weighted by atomic mass is 10.1. The van der Waals surface area contributed by atoms with Crippen molar-refractivity contribution >= 4 is 17.8 Å². The molecule has 2 aromatic carbocycles. The van der Waals surface area contributed by atoms with Crippen molar-refractivity contribution in [1.29, 1.82) is 0 Å². The molecule has 1 heterocycles. The number of rotatable bonds is 6. The maximum absolute atomic E-state index is 12.7. The molecule has 0 bridgehead atoms. The number of Topliss-reactive ketones (excluding diaryl/α,β-unsaturated/α-hetero) is 1. The van der Waals surface area contributed by atoms with Crippen molar-refractivity contribution < 1.29 is 28.5 Å². The minimum atomic E-state index is -0.455. The van der Waals surface area contributed by atoms with Gasteiger partial charge < -0.3 is 18.9 Å². The highest BCUT2D eigenvalue weighted by atomic mass is 16.6. The normalized spacial score (nSPS) is 14.0. The Balaban J connectivity index is 1.82. The highest BCUT2D eigenvalue weighted by Crippen LogP contribution is 2.39. The SMILES string of the molecule is COc1ccccc1/C=C1\Oc2c(ccc(OCC(=O)OC(C)C)c2C)C1=O. The number of esters is 1. The fourth-order valence-electron chi connectivity index (χ4n) is 2.88. The Bertz CT molecular complexity index is 942. The molecule has 0 N–H and O–H groups in total. The molecule has 0 saturated carbocycles. The zero-order valence-corrected chi connectivity index (χ0v) is 16.3. The fourth-order valence-corrected chi connectivity index (χ4v) is 2.88. The van der Waals surface area contributed by atoms with Gasteiger partial charge in [-0.15, -0.1) is 0 Å². The van der Waals surface area contributed by atoms with Crippen LogP contribution < -0.4 is 14.2 Å². The minimum absolute atomic E-state index is 0.207. The van der Waals surface area contributed by atoms with Gasteiger partial charge in [-0.05, 0) is 45.0 Å². The molecule has 0 atom stereocenters. The maximum Gasteiger partial charge on any atom is 0.344 e. The summed E-state index contributed by atoms with van der Waals surface area (Å²) in [4.78, 5) is 24.4. The molecule has 6 heteroatoms. The molecule has 0 radical (unpaired) electrons. The highest BCUT2D eigenvalue weighted by molar-refractivity contribution is 6.15. The van der Waals surface area contributed by atoms with Crippen molar-refractivity contribution in [3.8, 4) is 17.2 Å². The molecule has 28 heavy (non-hydrogen) atoms. The van der Waals surface area contributed by atoms with Crippen LogP contribution in [-0.2, 0) is 9.53 Å². The van der Waals surface area contributed by atoms with Crippen molar-refractivity contribution in [3.63, 3.8) is 0 Å². The lowest BCUT2D eigenvalue weighted by Gasteiger charge is -2.12. The average molecular weight is 382 g/mol. The van der Waals surface area contributed by atoms with Gasteiger partial charge in [0.1, 0.15) is 17.2 Å². The molecule has 0 amide bonds. The molecule has 146 valence electrons. The van der Waals surface area contributed by atoms with Crippen molar-refractivity contribution in [2.45, 2.75) is 26.9 Å². The summed E-state index contributed by atoms with van der Waals surface area (Å²) in [5, 5.41) is 0. The standard InChI is InChI=1S/C22H22O6/c1-13(2)27-20(23)12-26-17-10-9-16-21(24)19(28-22(16)14(17)3)11-15-7-5-6-8-18(15)25-4/h5-11,13H,12H2,1-4H3/b19-11-. The number of hydrogen-bond acceptors (Lipinski definition) is 6. The first-order chi connectivity index (χ1) is 13.4. The van der Waals surface area contributed by atoms with Crippen LogP contribution in [0.25, 0.3) is 6.08 Å². The minimum Gasteiger partial charge on any atom is -0.496 e. The Hall–Kier alpha value is -3.28. The second kappa shape index (κ2) is 8.17. The van der Waals surface area contributed by atoms with E-state index in [1.165, 1.54) is 0 Å². The van der Waals surface area contributed by atoms with Gasteiger partial charge >= 0.3 is 5.97 Å². The predicted octanol–water partition coefficient (Wildman–Crippen LogP) is 3.95. The number of methoxy groups -OCH3 is 1. The van der Waals surface area contributed by atoms with E-state index in [1.807, 2.05) is 24.3 Å². The monoisotopic (exact) mass is 382 g/mol. The van der Waals surface area contributed by atoms with Crippen molar-refractivity contribution in [3.05, 3.63) is 58.8 Å². The summed E-state index contributed by atoms with van der Waals surface area (Å²) < 4.78 is 21.7. The molecular weight excluding hydrogens is 360 g/mol. The fraction of sp³-hybridized carbons (Fsp3) is 0.273. The van der Waals surface area contributed by atoms with E-state index in [4.69, 9.17) is 18.9 Å². The smallest absolute Gasteiger partial charge is 0.344 e. The van der Waals surface area contributed by atoms with E-state index in [-0.39, 0.29) is 24.3 Å². The summed E-state index contributed by atoms with van der Waals surface area (Å²) in [5.74, 6) is 1.08. The molecule has 0 unspecified atom stereocenters. The van der Waals surface area contributed by atoms with Crippen LogP contribution in [0.1, 0.15) is 35.3 Å². The average Bonchev–Trinajstić information content (AvgIpc) is 2.98. The Labute approximate surface area is 163 Å². The maximum atomic E-state index is 12.7. The van der Waals surface area contributed by atoms with Crippen molar-refractivity contribution in [2.75, 3.05) is 13.7 Å². The van der Waals surface area contributed by atoms with Crippen LogP contribution in [0.3, 0.4) is 0 Å². The Morgan fingerprint density at radius 2 is 1.89 bits per heavy atom. The third-order valence-electron chi connectivity index (χ3n) is 4.17. The summed E-state index contributed by atoms with van der Waals surface area (Å²) in [5.41, 5.74) is 1.84. The quantitative estimate of drug-likeness (QED) is 0.556. The number of allylic oxidation sites excluding steroid dienone is 1. The summed E-state index contributed by atoms with van der Waals surface area (Å²) >= 11 is 0. The predicted molar refractivity (Wildman–Crippen MR) is 104 cm³/mol. The first-order valence-corrected chi connectivity index (χ1v) is 8.94. The second-order valence-electron chi connectivity index (χ2n) is 6.57. The molecule has 6 nitrogen and oxygen atoms in total. The third-order valence-corrected chi connectivity index (χ3v) is 4.17. The summed E-state index contributed by atoms with van der Waals surface area (Å²) in [7, 11) is 1.57. The lowest BCUT2D eigenvalue weighted by molar-refractivity contribution is -0.149. The number of benzene rings is 2. The lowest BCUT2D eigenvalue weighted by Crippen LogP contribution is -2.19. The van der Waals surface area contributed by atoms with E-state index in [2.05, 4.69) is 0 Å². The van der Waals surface area contributed by atoms with Crippen LogP contribution in [-0.4, -0.2) is 31.6 Å². The molecule has 3 rings (SSSR count). The molecule has 0 spiro atoms. The van der Waals surface area contributed by atoms with E-state index in [0.29, 0.717) is 28.4 Å². The van der Waals surface area contributed by atoms with Gasteiger partial charge in [0, 0.05) is 11.1 Å². The van der Waals surface area contributed by atoms with Gasteiger partial charge in [0.25, 0.3) is 0 Å². The van der Waals surface area contributed by atoms with Crippen LogP contribution in [0, 0.1) is 6.92 Å². The number of carbonyl (C=O) groups is 2. The summed E-state index contributed by atoms with van der Waals surface area (Å²) in [6, 6.07) is 10.7. The largest absolute Gasteiger partial charge is 0.496 e. The Morgan fingerprint density at radius 3 is 2.61 bits per heavy atom. The number of ketones is 1. The van der Waals surface area contributed by atoms with Gasteiger partial charge in [-0.1, -0.05) is 18.2 Å². The van der Waals surface area contributed by atoms with Crippen LogP contribution in [0.15, 0.2) is 42.2 Å². The number of carbonyl (C=O) groups excluding carboxylic acids is 2. The molecule has 0 aromatic heterocycles. The van der Waals surface area contributed by atoms with Gasteiger partial charge in [-0.25, -0.2) is 4.79 Å².